The lowest BCUT2D eigenvalue weighted by atomic mass is 9.70. The molecule has 3 aromatic carbocycles. The summed E-state index contributed by atoms with van der Waals surface area (Å²) in [5.41, 5.74) is 1.69. The molecule has 188 valence electrons. The number of piperidine rings is 1. The summed E-state index contributed by atoms with van der Waals surface area (Å²) in [6.45, 7) is 0.601. The van der Waals surface area contributed by atoms with Gasteiger partial charge in [0.15, 0.2) is 0 Å². The Morgan fingerprint density at radius 2 is 1.81 bits per heavy atom. The Hall–Kier alpha value is -2.51. The van der Waals surface area contributed by atoms with E-state index in [1.54, 1.807) is 24.3 Å². The molecule has 4 nitrogen and oxygen atoms in total. The van der Waals surface area contributed by atoms with Crippen molar-refractivity contribution in [2.75, 3.05) is 6.54 Å². The molecule has 4 aromatic rings. The van der Waals surface area contributed by atoms with Crippen molar-refractivity contribution in [2.24, 2.45) is 0 Å². The molecule has 0 saturated carbocycles. The van der Waals surface area contributed by atoms with Crippen molar-refractivity contribution in [3.63, 3.8) is 0 Å². The standard InChI is InChI=1S/C28H25BrClFN2O2.CH4/c29-20-5-10-25-19(14-20)15-24(27(34)33-25)26(18-3-6-21(30)7-4-18)28(35)11-12-32-23(16-28)13-17-1-8-22(31)9-2-17;/h1-10,14-15,23,26,32,35H,11-13,16H2,(H,33,34);1H4. The Bertz CT molecular complexity index is 1410. The molecule has 0 radical (unpaired) electrons. The first-order chi connectivity index (χ1) is 16.8. The minimum atomic E-state index is -1.17. The van der Waals surface area contributed by atoms with Crippen molar-refractivity contribution in [2.45, 2.75) is 44.2 Å². The number of aromatic nitrogens is 1. The molecule has 1 fully saturated rings. The summed E-state index contributed by atoms with van der Waals surface area (Å²) in [6.07, 6.45) is 1.57. The van der Waals surface area contributed by atoms with Crippen LogP contribution in [0.3, 0.4) is 0 Å². The molecule has 3 atom stereocenters. The first-order valence-corrected chi connectivity index (χ1v) is 12.8. The highest BCUT2D eigenvalue weighted by molar-refractivity contribution is 9.10. The molecule has 1 aliphatic heterocycles. The van der Waals surface area contributed by atoms with Crippen LogP contribution >= 0.6 is 27.5 Å². The summed E-state index contributed by atoms with van der Waals surface area (Å²) in [4.78, 5) is 16.3. The number of pyridine rings is 1. The quantitative estimate of drug-likeness (QED) is 0.254. The molecule has 1 aromatic heterocycles. The third-order valence-electron chi connectivity index (χ3n) is 6.87. The van der Waals surface area contributed by atoms with E-state index in [9.17, 15) is 14.3 Å². The van der Waals surface area contributed by atoms with Crippen molar-refractivity contribution in [1.82, 2.24) is 10.3 Å². The number of H-pyrrole nitrogens is 1. The largest absolute Gasteiger partial charge is 0.389 e. The monoisotopic (exact) mass is 570 g/mol. The average molecular weight is 572 g/mol. The number of hydrogen-bond acceptors (Lipinski definition) is 3. The number of nitrogens with one attached hydrogen (secondary N) is 2. The Labute approximate surface area is 223 Å². The third-order valence-corrected chi connectivity index (χ3v) is 7.62. The van der Waals surface area contributed by atoms with Gasteiger partial charge in [0.25, 0.3) is 5.56 Å². The molecule has 5 rings (SSSR count). The molecular formula is C29H29BrClFN2O2. The van der Waals surface area contributed by atoms with Crippen LogP contribution in [0.4, 0.5) is 4.39 Å². The van der Waals surface area contributed by atoms with Crippen molar-refractivity contribution in [1.29, 1.82) is 0 Å². The average Bonchev–Trinajstić information content (AvgIpc) is 2.82. The lowest BCUT2D eigenvalue weighted by molar-refractivity contribution is -0.0188. The third kappa shape index (κ3) is 5.57. The molecule has 0 spiro atoms. The zero-order valence-electron chi connectivity index (χ0n) is 18.9. The Morgan fingerprint density at radius 3 is 2.53 bits per heavy atom. The van der Waals surface area contributed by atoms with Gasteiger partial charge in [-0.25, -0.2) is 4.39 Å². The minimum Gasteiger partial charge on any atom is -0.389 e. The maximum atomic E-state index is 13.4. The van der Waals surface area contributed by atoms with Crippen LogP contribution in [0.1, 0.15) is 42.9 Å². The molecule has 1 saturated heterocycles. The summed E-state index contributed by atoms with van der Waals surface area (Å²) in [7, 11) is 0. The van der Waals surface area contributed by atoms with Crippen LogP contribution in [0, 0.1) is 5.82 Å². The number of hydrogen-bond donors (Lipinski definition) is 3. The molecule has 0 bridgehead atoms. The number of aliphatic hydroxyl groups is 1. The maximum absolute atomic E-state index is 13.4. The Morgan fingerprint density at radius 1 is 1.08 bits per heavy atom. The summed E-state index contributed by atoms with van der Waals surface area (Å²) < 4.78 is 14.3. The summed E-state index contributed by atoms with van der Waals surface area (Å²) in [5, 5.41) is 17.1. The van der Waals surface area contributed by atoms with Crippen LogP contribution in [0.25, 0.3) is 10.9 Å². The lowest BCUT2D eigenvalue weighted by Crippen LogP contribution is -2.52. The summed E-state index contributed by atoms with van der Waals surface area (Å²) in [6, 6.07) is 21.3. The highest BCUT2D eigenvalue weighted by Crippen LogP contribution is 2.41. The zero-order chi connectivity index (χ0) is 24.6. The van der Waals surface area contributed by atoms with Crippen LogP contribution in [0.5, 0.6) is 0 Å². The molecule has 3 N–H and O–H groups in total. The number of benzene rings is 3. The normalized spacial score (nSPS) is 20.6. The van der Waals surface area contributed by atoms with Crippen LogP contribution in [0.15, 0.2) is 82.1 Å². The van der Waals surface area contributed by atoms with E-state index in [0.29, 0.717) is 36.4 Å². The number of fused-ring (bicyclic) bond motifs is 1. The first-order valence-electron chi connectivity index (χ1n) is 11.6. The fourth-order valence-electron chi connectivity index (χ4n) is 5.25. The summed E-state index contributed by atoms with van der Waals surface area (Å²) in [5.74, 6) is -0.823. The van der Waals surface area contributed by atoms with Gasteiger partial charge in [0.05, 0.1) is 5.60 Å². The van der Waals surface area contributed by atoms with Gasteiger partial charge in [-0.05, 0) is 90.9 Å². The zero-order valence-corrected chi connectivity index (χ0v) is 21.2. The van der Waals surface area contributed by atoms with E-state index in [1.807, 2.05) is 36.4 Å². The molecule has 0 aliphatic carbocycles. The van der Waals surface area contributed by atoms with Gasteiger partial charge < -0.3 is 15.4 Å². The molecule has 1 aliphatic rings. The molecule has 7 heteroatoms. The molecule has 36 heavy (non-hydrogen) atoms. The van der Waals surface area contributed by atoms with E-state index in [1.165, 1.54) is 12.1 Å². The lowest BCUT2D eigenvalue weighted by Gasteiger charge is -2.43. The topological polar surface area (TPSA) is 65.1 Å². The van der Waals surface area contributed by atoms with Gasteiger partial charge in [0.1, 0.15) is 5.82 Å². The smallest absolute Gasteiger partial charge is 0.252 e. The van der Waals surface area contributed by atoms with E-state index in [0.717, 1.165) is 26.5 Å². The van der Waals surface area contributed by atoms with Gasteiger partial charge in [-0.15, -0.1) is 0 Å². The van der Waals surface area contributed by atoms with Gasteiger partial charge in [-0.3, -0.25) is 4.79 Å². The van der Waals surface area contributed by atoms with E-state index < -0.39 is 11.5 Å². The van der Waals surface area contributed by atoms with Crippen molar-refractivity contribution in [3.05, 3.63) is 115 Å². The SMILES string of the molecule is C.O=c1[nH]c2ccc(Br)cc2cc1C(c1ccc(Cl)cc1)C1(O)CCNC(Cc2ccc(F)cc2)C1. The van der Waals surface area contributed by atoms with Gasteiger partial charge in [-0.1, -0.05) is 59.2 Å². The van der Waals surface area contributed by atoms with Crippen molar-refractivity contribution in [3.8, 4) is 0 Å². The number of aromatic amines is 1. The van der Waals surface area contributed by atoms with E-state index in [4.69, 9.17) is 11.6 Å². The maximum Gasteiger partial charge on any atom is 0.252 e. The molecular weight excluding hydrogens is 543 g/mol. The highest BCUT2D eigenvalue weighted by atomic mass is 79.9. The van der Waals surface area contributed by atoms with Gasteiger partial charge in [0.2, 0.25) is 0 Å². The Kier molecular flexibility index (Phi) is 8.00. The van der Waals surface area contributed by atoms with Crippen molar-refractivity contribution >= 4 is 38.4 Å². The van der Waals surface area contributed by atoms with Crippen LogP contribution in [-0.4, -0.2) is 28.3 Å². The predicted molar refractivity (Wildman–Crippen MR) is 148 cm³/mol. The molecule has 3 unspecified atom stereocenters. The highest BCUT2D eigenvalue weighted by Gasteiger charge is 2.43. The number of halogens is 3. The van der Waals surface area contributed by atoms with E-state index in [2.05, 4.69) is 26.2 Å². The van der Waals surface area contributed by atoms with Gasteiger partial charge in [-0.2, -0.15) is 0 Å². The number of rotatable bonds is 5. The fraction of sp³-hybridized carbons (Fsp3) is 0.276. The minimum absolute atomic E-state index is 0. The van der Waals surface area contributed by atoms with Crippen LogP contribution in [-0.2, 0) is 6.42 Å². The van der Waals surface area contributed by atoms with E-state index in [-0.39, 0.29) is 24.8 Å². The fourth-order valence-corrected chi connectivity index (χ4v) is 5.75. The van der Waals surface area contributed by atoms with Crippen molar-refractivity contribution < 1.29 is 9.50 Å². The summed E-state index contributed by atoms with van der Waals surface area (Å²) >= 11 is 9.67. The second kappa shape index (κ2) is 10.9. The van der Waals surface area contributed by atoms with Gasteiger partial charge in [0, 0.05) is 32.5 Å². The van der Waals surface area contributed by atoms with Crippen LogP contribution in [0.2, 0.25) is 5.02 Å². The predicted octanol–water partition coefficient (Wildman–Crippen LogP) is 6.58. The van der Waals surface area contributed by atoms with E-state index >= 15 is 0 Å². The second-order valence-electron chi connectivity index (χ2n) is 9.31. The molecule has 0 amide bonds. The van der Waals surface area contributed by atoms with Crippen LogP contribution < -0.4 is 10.9 Å². The Balaban J connectivity index is 0.00000304. The molecule has 2 heterocycles. The first kappa shape index (κ1) is 26.6. The second-order valence-corrected chi connectivity index (χ2v) is 10.7. The van der Waals surface area contributed by atoms with Gasteiger partial charge >= 0.3 is 0 Å².